The standard InChI is InChI=1S/C17H28N4O3S/c1-4-14(3)18-17(22)19-15-6-8-16(9-7-15)20-10-12-21(13-11-20)25(23,24)5-2/h6-9,14H,4-5,10-13H2,1-3H3,(H2,18,19,22). The Morgan fingerprint density at radius 1 is 1.12 bits per heavy atom. The fourth-order valence-corrected chi connectivity index (χ4v) is 3.74. The number of carbonyl (C=O) groups is 1. The Balaban J connectivity index is 1.90. The van der Waals surface area contributed by atoms with Crippen LogP contribution in [0.1, 0.15) is 27.2 Å². The van der Waals surface area contributed by atoms with E-state index in [1.807, 2.05) is 38.1 Å². The highest BCUT2D eigenvalue weighted by Crippen LogP contribution is 2.20. The first-order valence-electron chi connectivity index (χ1n) is 8.76. The summed E-state index contributed by atoms with van der Waals surface area (Å²) in [5.74, 6) is 0.145. The molecule has 1 heterocycles. The number of rotatable bonds is 6. The van der Waals surface area contributed by atoms with E-state index in [4.69, 9.17) is 0 Å². The Labute approximate surface area is 150 Å². The first-order chi connectivity index (χ1) is 11.9. The molecular weight excluding hydrogens is 340 g/mol. The maximum atomic E-state index is 11.9. The Morgan fingerprint density at radius 2 is 1.72 bits per heavy atom. The van der Waals surface area contributed by atoms with Crippen molar-refractivity contribution in [3.8, 4) is 0 Å². The molecule has 8 heteroatoms. The molecule has 1 aliphatic rings. The summed E-state index contributed by atoms with van der Waals surface area (Å²) in [5.41, 5.74) is 1.76. The predicted molar refractivity (Wildman–Crippen MR) is 102 cm³/mol. The van der Waals surface area contributed by atoms with E-state index < -0.39 is 10.0 Å². The fraction of sp³-hybridized carbons (Fsp3) is 0.588. The molecule has 0 bridgehead atoms. The zero-order chi connectivity index (χ0) is 18.4. The molecule has 2 N–H and O–H groups in total. The monoisotopic (exact) mass is 368 g/mol. The molecule has 1 aromatic rings. The molecule has 25 heavy (non-hydrogen) atoms. The van der Waals surface area contributed by atoms with Gasteiger partial charge in [-0.2, -0.15) is 4.31 Å². The lowest BCUT2D eigenvalue weighted by Crippen LogP contribution is -2.49. The first-order valence-corrected chi connectivity index (χ1v) is 10.4. The second-order valence-corrected chi connectivity index (χ2v) is 8.50. The third-order valence-corrected chi connectivity index (χ3v) is 6.36. The van der Waals surface area contributed by atoms with Crippen molar-refractivity contribution >= 4 is 27.4 Å². The van der Waals surface area contributed by atoms with Crippen molar-refractivity contribution in [1.82, 2.24) is 9.62 Å². The SMILES string of the molecule is CCC(C)NC(=O)Nc1ccc(N2CCN(S(=O)(=O)CC)CC2)cc1. The van der Waals surface area contributed by atoms with E-state index in [9.17, 15) is 13.2 Å². The lowest BCUT2D eigenvalue weighted by atomic mass is 10.2. The van der Waals surface area contributed by atoms with Crippen LogP contribution in [0.2, 0.25) is 0 Å². The second-order valence-electron chi connectivity index (χ2n) is 6.24. The van der Waals surface area contributed by atoms with Crippen LogP contribution in [0, 0.1) is 0 Å². The summed E-state index contributed by atoms with van der Waals surface area (Å²) >= 11 is 0. The maximum absolute atomic E-state index is 11.9. The molecule has 1 saturated heterocycles. The van der Waals surface area contributed by atoms with Gasteiger partial charge in [0.2, 0.25) is 10.0 Å². The Kier molecular flexibility index (Phi) is 6.66. The van der Waals surface area contributed by atoms with Crippen LogP contribution >= 0.6 is 0 Å². The van der Waals surface area contributed by atoms with Gasteiger partial charge in [0.1, 0.15) is 0 Å². The van der Waals surface area contributed by atoms with Crippen LogP contribution in [0.5, 0.6) is 0 Å². The van der Waals surface area contributed by atoms with E-state index in [0.717, 1.165) is 17.8 Å². The quantitative estimate of drug-likeness (QED) is 0.805. The molecular formula is C17H28N4O3S. The van der Waals surface area contributed by atoms with E-state index in [0.29, 0.717) is 26.2 Å². The topological polar surface area (TPSA) is 81.8 Å². The molecule has 2 rings (SSSR count). The number of amides is 2. The molecule has 140 valence electrons. The number of urea groups is 1. The van der Waals surface area contributed by atoms with E-state index in [2.05, 4.69) is 15.5 Å². The molecule has 1 fully saturated rings. The summed E-state index contributed by atoms with van der Waals surface area (Å²) in [5, 5.41) is 5.67. The minimum atomic E-state index is -3.11. The van der Waals surface area contributed by atoms with Gasteiger partial charge >= 0.3 is 6.03 Å². The highest BCUT2D eigenvalue weighted by molar-refractivity contribution is 7.89. The first kappa shape index (κ1) is 19.5. The van der Waals surface area contributed by atoms with Gasteiger partial charge in [0.25, 0.3) is 0 Å². The summed E-state index contributed by atoms with van der Waals surface area (Å²) in [6.07, 6.45) is 0.881. The summed E-state index contributed by atoms with van der Waals surface area (Å²) in [6.45, 7) is 8.00. The predicted octanol–water partition coefficient (Wildman–Crippen LogP) is 2.08. The van der Waals surface area contributed by atoms with Crippen LogP contribution in [0.25, 0.3) is 0 Å². The fourth-order valence-electron chi connectivity index (χ4n) is 2.66. The minimum absolute atomic E-state index is 0.134. The van der Waals surface area contributed by atoms with Crippen LogP contribution < -0.4 is 15.5 Å². The van der Waals surface area contributed by atoms with Crippen molar-refractivity contribution in [2.45, 2.75) is 33.2 Å². The maximum Gasteiger partial charge on any atom is 0.319 e. The van der Waals surface area contributed by atoms with Gasteiger partial charge < -0.3 is 15.5 Å². The zero-order valence-corrected chi connectivity index (χ0v) is 16.0. The molecule has 1 aliphatic heterocycles. The van der Waals surface area contributed by atoms with Crippen LogP contribution in [-0.4, -0.2) is 56.7 Å². The molecule has 0 aliphatic carbocycles. The number of hydrogen-bond donors (Lipinski definition) is 2. The zero-order valence-electron chi connectivity index (χ0n) is 15.2. The van der Waals surface area contributed by atoms with E-state index in [1.54, 1.807) is 11.2 Å². The van der Waals surface area contributed by atoms with Gasteiger partial charge in [0, 0.05) is 43.6 Å². The number of nitrogens with zero attached hydrogens (tertiary/aromatic N) is 2. The van der Waals surface area contributed by atoms with Gasteiger partial charge in [-0.1, -0.05) is 6.92 Å². The summed E-state index contributed by atoms with van der Waals surface area (Å²) < 4.78 is 25.4. The molecule has 0 aromatic heterocycles. The number of sulfonamides is 1. The van der Waals surface area contributed by atoms with E-state index in [1.165, 1.54) is 0 Å². The van der Waals surface area contributed by atoms with Gasteiger partial charge in [0.05, 0.1) is 5.75 Å². The highest BCUT2D eigenvalue weighted by Gasteiger charge is 2.25. The second kappa shape index (κ2) is 8.53. The van der Waals surface area contributed by atoms with Crippen molar-refractivity contribution in [3.63, 3.8) is 0 Å². The molecule has 2 amide bonds. The smallest absolute Gasteiger partial charge is 0.319 e. The lowest BCUT2D eigenvalue weighted by Gasteiger charge is -2.35. The van der Waals surface area contributed by atoms with Crippen LogP contribution in [0.4, 0.5) is 16.2 Å². The molecule has 0 saturated carbocycles. The minimum Gasteiger partial charge on any atom is -0.369 e. The molecule has 1 unspecified atom stereocenters. The van der Waals surface area contributed by atoms with Crippen molar-refractivity contribution in [2.75, 3.05) is 42.1 Å². The Morgan fingerprint density at radius 3 is 2.24 bits per heavy atom. The third kappa shape index (κ3) is 5.34. The summed E-state index contributed by atoms with van der Waals surface area (Å²) in [6, 6.07) is 7.54. The number of hydrogen-bond acceptors (Lipinski definition) is 4. The van der Waals surface area contributed by atoms with Crippen LogP contribution in [-0.2, 0) is 10.0 Å². The number of nitrogens with one attached hydrogen (secondary N) is 2. The molecule has 1 aromatic carbocycles. The third-order valence-electron chi connectivity index (χ3n) is 4.48. The number of piperazine rings is 1. The Hall–Kier alpha value is -1.80. The molecule has 0 spiro atoms. The summed E-state index contributed by atoms with van der Waals surface area (Å²) in [4.78, 5) is 14.0. The van der Waals surface area contributed by atoms with Crippen molar-refractivity contribution in [2.24, 2.45) is 0 Å². The molecule has 0 radical (unpaired) electrons. The lowest BCUT2D eigenvalue weighted by molar-refractivity contribution is 0.249. The number of benzene rings is 1. The summed E-state index contributed by atoms with van der Waals surface area (Å²) in [7, 11) is -3.11. The Bertz CT molecular complexity index is 668. The van der Waals surface area contributed by atoms with Crippen molar-refractivity contribution in [1.29, 1.82) is 0 Å². The van der Waals surface area contributed by atoms with Gasteiger partial charge in [-0.3, -0.25) is 0 Å². The van der Waals surface area contributed by atoms with Gasteiger partial charge in [-0.05, 0) is 44.5 Å². The highest BCUT2D eigenvalue weighted by atomic mass is 32.2. The van der Waals surface area contributed by atoms with Gasteiger partial charge in [0.15, 0.2) is 0 Å². The van der Waals surface area contributed by atoms with Gasteiger partial charge in [-0.15, -0.1) is 0 Å². The van der Waals surface area contributed by atoms with Gasteiger partial charge in [-0.25, -0.2) is 13.2 Å². The van der Waals surface area contributed by atoms with Crippen LogP contribution in [0.15, 0.2) is 24.3 Å². The number of anilines is 2. The molecule has 7 nitrogen and oxygen atoms in total. The largest absolute Gasteiger partial charge is 0.369 e. The van der Waals surface area contributed by atoms with E-state index >= 15 is 0 Å². The average Bonchev–Trinajstić information content (AvgIpc) is 2.62. The number of carbonyl (C=O) groups excluding carboxylic acids is 1. The normalized spacial score (nSPS) is 17.2. The van der Waals surface area contributed by atoms with Crippen molar-refractivity contribution < 1.29 is 13.2 Å². The average molecular weight is 369 g/mol. The van der Waals surface area contributed by atoms with Crippen LogP contribution in [0.3, 0.4) is 0 Å². The van der Waals surface area contributed by atoms with E-state index in [-0.39, 0.29) is 17.8 Å². The van der Waals surface area contributed by atoms with Crippen molar-refractivity contribution in [3.05, 3.63) is 24.3 Å². The molecule has 1 atom stereocenters.